The minimum Gasteiger partial charge on any atom is -0.355 e. The molecule has 1 N–H and O–H groups in total. The number of carbonyl (C=O) groups is 2. The van der Waals surface area contributed by atoms with Gasteiger partial charge in [0.2, 0.25) is 5.91 Å². The summed E-state index contributed by atoms with van der Waals surface area (Å²) in [5.41, 5.74) is 1.22. The average molecular weight is 368 g/mol. The third-order valence-electron chi connectivity index (χ3n) is 3.13. The summed E-state index contributed by atoms with van der Waals surface area (Å²) >= 11 is 9.00. The zero-order valence-corrected chi connectivity index (χ0v) is 15.0. The van der Waals surface area contributed by atoms with Crippen molar-refractivity contribution in [2.24, 2.45) is 0 Å². The summed E-state index contributed by atoms with van der Waals surface area (Å²) in [6.07, 6.45) is 0.517. The number of amides is 1. The second kappa shape index (κ2) is 9.75. The molecule has 1 amide bonds. The van der Waals surface area contributed by atoms with E-state index >= 15 is 0 Å². The molecular formula is C17H18ClNO2S2. The van der Waals surface area contributed by atoms with Crippen molar-refractivity contribution in [1.82, 2.24) is 5.32 Å². The fourth-order valence-electron chi connectivity index (χ4n) is 1.91. The second-order valence-electron chi connectivity index (χ2n) is 4.93. The largest absolute Gasteiger partial charge is 0.355 e. The lowest BCUT2D eigenvalue weighted by atomic mass is 10.2. The number of Topliss-reactive ketones (excluding diaryl/α,β-unsaturated/α-hetero) is 1. The lowest BCUT2D eigenvalue weighted by molar-refractivity contribution is -0.120. The number of thioether (sulfide) groups is 1. The van der Waals surface area contributed by atoms with Gasteiger partial charge in [0.15, 0.2) is 5.78 Å². The zero-order valence-electron chi connectivity index (χ0n) is 12.6. The summed E-state index contributed by atoms with van der Waals surface area (Å²) in [4.78, 5) is 24.2. The standard InChI is InChI=1S/C17H18ClNO2S2/c18-14-5-3-13(4-6-14)12-22-11-9-19-17(21)8-7-15(20)16-2-1-10-23-16/h1-6,10H,7-9,11-12H2,(H,19,21). The van der Waals surface area contributed by atoms with Gasteiger partial charge in [-0.15, -0.1) is 11.3 Å². The van der Waals surface area contributed by atoms with Gasteiger partial charge >= 0.3 is 0 Å². The van der Waals surface area contributed by atoms with Crippen LogP contribution >= 0.6 is 34.7 Å². The Bertz CT molecular complexity index is 627. The Morgan fingerprint density at radius 3 is 2.61 bits per heavy atom. The van der Waals surface area contributed by atoms with Crippen molar-refractivity contribution < 1.29 is 9.59 Å². The maximum atomic E-state index is 11.8. The Hall–Kier alpha value is -1.30. The number of rotatable bonds is 9. The highest BCUT2D eigenvalue weighted by Gasteiger charge is 2.09. The van der Waals surface area contributed by atoms with E-state index in [0.717, 1.165) is 21.4 Å². The van der Waals surface area contributed by atoms with Crippen molar-refractivity contribution in [2.45, 2.75) is 18.6 Å². The maximum absolute atomic E-state index is 11.8. The molecule has 1 aromatic heterocycles. The van der Waals surface area contributed by atoms with Crippen LogP contribution in [-0.4, -0.2) is 24.0 Å². The molecule has 0 atom stereocenters. The van der Waals surface area contributed by atoms with Gasteiger partial charge < -0.3 is 5.32 Å². The maximum Gasteiger partial charge on any atom is 0.220 e. The molecule has 0 aliphatic carbocycles. The molecule has 1 heterocycles. The summed E-state index contributed by atoms with van der Waals surface area (Å²) in [6.45, 7) is 0.615. The van der Waals surface area contributed by atoms with Gasteiger partial charge in [0, 0.05) is 35.9 Å². The van der Waals surface area contributed by atoms with Gasteiger partial charge in [-0.25, -0.2) is 0 Å². The van der Waals surface area contributed by atoms with E-state index in [0.29, 0.717) is 6.54 Å². The first-order valence-corrected chi connectivity index (χ1v) is 9.72. The highest BCUT2D eigenvalue weighted by Crippen LogP contribution is 2.15. The number of benzene rings is 1. The van der Waals surface area contributed by atoms with E-state index in [1.807, 2.05) is 35.7 Å². The van der Waals surface area contributed by atoms with Gasteiger partial charge in [0.1, 0.15) is 0 Å². The van der Waals surface area contributed by atoms with E-state index in [9.17, 15) is 9.59 Å². The Kier molecular flexibility index (Phi) is 7.65. The third kappa shape index (κ3) is 6.77. The van der Waals surface area contributed by atoms with Gasteiger partial charge in [0.25, 0.3) is 0 Å². The summed E-state index contributed by atoms with van der Waals surface area (Å²) in [5, 5.41) is 5.45. The molecule has 2 aromatic rings. The number of thiophene rings is 1. The van der Waals surface area contributed by atoms with E-state index in [4.69, 9.17) is 11.6 Å². The molecule has 3 nitrogen and oxygen atoms in total. The molecule has 6 heteroatoms. The summed E-state index contributed by atoms with van der Waals surface area (Å²) in [6, 6.07) is 11.4. The second-order valence-corrected chi connectivity index (χ2v) is 7.42. The minimum absolute atomic E-state index is 0.0345. The monoisotopic (exact) mass is 367 g/mol. The molecule has 1 aromatic carbocycles. The molecule has 0 aliphatic heterocycles. The molecule has 2 rings (SSSR count). The van der Waals surface area contributed by atoms with E-state index in [2.05, 4.69) is 5.32 Å². The summed E-state index contributed by atoms with van der Waals surface area (Å²) in [5.74, 6) is 1.70. The number of hydrogen-bond acceptors (Lipinski definition) is 4. The molecule has 0 unspecified atom stereocenters. The first kappa shape index (κ1) is 18.0. The number of halogens is 1. The molecule has 122 valence electrons. The lowest BCUT2D eigenvalue weighted by Gasteiger charge is -2.05. The van der Waals surface area contributed by atoms with E-state index in [1.54, 1.807) is 17.8 Å². The molecule has 0 saturated heterocycles. The molecule has 0 fully saturated rings. The fourth-order valence-corrected chi connectivity index (χ4v) is 3.55. The first-order valence-electron chi connectivity index (χ1n) is 7.31. The van der Waals surface area contributed by atoms with Crippen molar-refractivity contribution in [2.75, 3.05) is 12.3 Å². The number of ketones is 1. The van der Waals surface area contributed by atoms with Crippen LogP contribution in [0.4, 0.5) is 0 Å². The van der Waals surface area contributed by atoms with Gasteiger partial charge in [-0.3, -0.25) is 9.59 Å². The molecule has 0 radical (unpaired) electrons. The van der Waals surface area contributed by atoms with Crippen molar-refractivity contribution in [3.63, 3.8) is 0 Å². The molecule has 0 spiro atoms. The van der Waals surface area contributed by atoms with Crippen LogP contribution in [0.3, 0.4) is 0 Å². The zero-order chi connectivity index (χ0) is 16.5. The molecule has 23 heavy (non-hydrogen) atoms. The molecule has 0 aliphatic rings. The van der Waals surface area contributed by atoms with Crippen molar-refractivity contribution >= 4 is 46.4 Å². The van der Waals surface area contributed by atoms with Crippen LogP contribution in [0.25, 0.3) is 0 Å². The topological polar surface area (TPSA) is 46.2 Å². The smallest absolute Gasteiger partial charge is 0.220 e. The predicted molar refractivity (Wildman–Crippen MR) is 98.5 cm³/mol. The molecular weight excluding hydrogens is 350 g/mol. The summed E-state index contributed by atoms with van der Waals surface area (Å²) in [7, 11) is 0. The van der Waals surface area contributed by atoms with Crippen LogP contribution in [0.5, 0.6) is 0 Å². The highest BCUT2D eigenvalue weighted by atomic mass is 35.5. The normalized spacial score (nSPS) is 10.5. The van der Waals surface area contributed by atoms with Crippen molar-refractivity contribution in [3.05, 3.63) is 57.2 Å². The SMILES string of the molecule is O=C(CCC(=O)c1cccs1)NCCSCc1ccc(Cl)cc1. The lowest BCUT2D eigenvalue weighted by Crippen LogP contribution is -2.26. The van der Waals surface area contributed by atoms with Crippen LogP contribution in [-0.2, 0) is 10.5 Å². The van der Waals surface area contributed by atoms with Crippen LogP contribution in [0.2, 0.25) is 5.02 Å². The van der Waals surface area contributed by atoms with Gasteiger partial charge in [-0.05, 0) is 29.1 Å². The van der Waals surface area contributed by atoms with Crippen LogP contribution in [0.1, 0.15) is 28.1 Å². The Morgan fingerprint density at radius 1 is 1.13 bits per heavy atom. The number of hydrogen-bond donors (Lipinski definition) is 1. The summed E-state index contributed by atoms with van der Waals surface area (Å²) < 4.78 is 0. The first-order chi connectivity index (χ1) is 11.1. The third-order valence-corrected chi connectivity index (χ3v) is 5.32. The van der Waals surface area contributed by atoms with E-state index in [-0.39, 0.29) is 24.5 Å². The van der Waals surface area contributed by atoms with E-state index in [1.165, 1.54) is 16.9 Å². The Morgan fingerprint density at radius 2 is 1.91 bits per heavy atom. The van der Waals surface area contributed by atoms with E-state index < -0.39 is 0 Å². The molecule has 0 bridgehead atoms. The number of nitrogens with one attached hydrogen (secondary N) is 1. The molecule has 0 saturated carbocycles. The Labute approximate surface area is 149 Å². The Balaban J connectivity index is 1.54. The van der Waals surface area contributed by atoms with Crippen LogP contribution < -0.4 is 5.32 Å². The van der Waals surface area contributed by atoms with Crippen molar-refractivity contribution in [3.8, 4) is 0 Å². The fraction of sp³-hybridized carbons (Fsp3) is 0.294. The predicted octanol–water partition coefficient (Wildman–Crippen LogP) is 4.41. The van der Waals surface area contributed by atoms with Crippen LogP contribution in [0.15, 0.2) is 41.8 Å². The average Bonchev–Trinajstić information content (AvgIpc) is 3.08. The van der Waals surface area contributed by atoms with Crippen molar-refractivity contribution in [1.29, 1.82) is 0 Å². The van der Waals surface area contributed by atoms with Crippen LogP contribution in [0, 0.1) is 0 Å². The van der Waals surface area contributed by atoms with Gasteiger partial charge in [-0.1, -0.05) is 29.8 Å². The van der Waals surface area contributed by atoms with Gasteiger partial charge in [0.05, 0.1) is 4.88 Å². The quantitative estimate of drug-likeness (QED) is 0.527. The highest BCUT2D eigenvalue weighted by molar-refractivity contribution is 7.98. The van der Waals surface area contributed by atoms with Gasteiger partial charge in [-0.2, -0.15) is 11.8 Å². The number of carbonyl (C=O) groups excluding carboxylic acids is 2. The minimum atomic E-state index is -0.0676.